The first-order valence-electron chi connectivity index (χ1n) is 6.96. The molecule has 1 atom stereocenters. The third-order valence-electron chi connectivity index (χ3n) is 3.92. The Morgan fingerprint density at radius 3 is 2.33 bits per heavy atom. The highest BCUT2D eigenvalue weighted by atomic mass is 32.1. The molecule has 1 aromatic heterocycles. The van der Waals surface area contributed by atoms with Gasteiger partial charge in [0.1, 0.15) is 6.10 Å². The predicted octanol–water partition coefficient (Wildman–Crippen LogP) is 5.14. The lowest BCUT2D eigenvalue weighted by molar-refractivity contribution is 0.224. The first kappa shape index (κ1) is 12.6. The molecule has 0 aliphatic heterocycles. The highest BCUT2D eigenvalue weighted by Crippen LogP contribution is 2.35. The molecule has 0 saturated carbocycles. The lowest BCUT2D eigenvalue weighted by Gasteiger charge is -2.13. The Bertz CT molecular complexity index is 918. The van der Waals surface area contributed by atoms with Gasteiger partial charge in [-0.25, -0.2) is 0 Å². The molecule has 1 unspecified atom stereocenters. The number of aliphatic hydroxyl groups is 1. The maximum Gasteiger partial charge on any atom is 0.106 e. The third kappa shape index (κ3) is 2.04. The summed E-state index contributed by atoms with van der Waals surface area (Å²) in [6.45, 7) is 0. The minimum Gasteiger partial charge on any atom is -0.384 e. The van der Waals surface area contributed by atoms with Gasteiger partial charge in [-0.05, 0) is 33.2 Å². The van der Waals surface area contributed by atoms with E-state index in [9.17, 15) is 5.11 Å². The fourth-order valence-electron chi connectivity index (χ4n) is 2.87. The van der Waals surface area contributed by atoms with Gasteiger partial charge in [-0.3, -0.25) is 0 Å². The number of aliphatic hydroxyl groups excluding tert-OH is 1. The van der Waals surface area contributed by atoms with Crippen LogP contribution in [0.1, 0.15) is 17.2 Å². The van der Waals surface area contributed by atoms with Gasteiger partial charge in [-0.1, -0.05) is 60.7 Å². The summed E-state index contributed by atoms with van der Waals surface area (Å²) in [6, 6.07) is 22.5. The average Bonchev–Trinajstić information content (AvgIpc) is 2.98. The molecule has 0 spiro atoms. The Balaban J connectivity index is 1.92. The van der Waals surface area contributed by atoms with Crippen molar-refractivity contribution in [2.24, 2.45) is 0 Å². The van der Waals surface area contributed by atoms with Gasteiger partial charge in [0.25, 0.3) is 0 Å². The molecule has 0 saturated heterocycles. The zero-order valence-electron chi connectivity index (χ0n) is 11.4. The summed E-state index contributed by atoms with van der Waals surface area (Å²) < 4.78 is 1.21. The number of benzene rings is 3. The summed E-state index contributed by atoms with van der Waals surface area (Å²) in [5, 5.41) is 16.4. The SMILES string of the molecule is OC(c1cccc2ccccc12)c1csc2ccccc12. The third-order valence-corrected chi connectivity index (χ3v) is 4.91. The lowest BCUT2D eigenvalue weighted by Crippen LogP contribution is -1.99. The Morgan fingerprint density at radius 2 is 1.43 bits per heavy atom. The zero-order valence-corrected chi connectivity index (χ0v) is 12.2. The average molecular weight is 290 g/mol. The van der Waals surface area contributed by atoms with E-state index in [2.05, 4.69) is 35.7 Å². The van der Waals surface area contributed by atoms with E-state index in [4.69, 9.17) is 0 Å². The number of hydrogen-bond acceptors (Lipinski definition) is 2. The van der Waals surface area contributed by atoms with Crippen LogP contribution in [0, 0.1) is 0 Å². The molecule has 21 heavy (non-hydrogen) atoms. The van der Waals surface area contributed by atoms with E-state index in [1.807, 2.05) is 36.4 Å². The topological polar surface area (TPSA) is 20.2 Å². The minimum absolute atomic E-state index is 0.591. The maximum absolute atomic E-state index is 10.9. The summed E-state index contributed by atoms with van der Waals surface area (Å²) in [5.41, 5.74) is 1.96. The summed E-state index contributed by atoms with van der Waals surface area (Å²) in [6.07, 6.45) is -0.591. The van der Waals surface area contributed by atoms with Crippen LogP contribution in [-0.2, 0) is 0 Å². The molecule has 1 N–H and O–H groups in total. The Hall–Kier alpha value is -2.16. The molecule has 102 valence electrons. The summed E-state index contributed by atoms with van der Waals surface area (Å²) in [4.78, 5) is 0. The first-order valence-corrected chi connectivity index (χ1v) is 7.84. The van der Waals surface area contributed by atoms with Crippen LogP contribution in [-0.4, -0.2) is 5.11 Å². The van der Waals surface area contributed by atoms with Crippen LogP contribution >= 0.6 is 11.3 Å². The standard InChI is InChI=1S/C19H14OS/c20-19(17-12-21-18-11-4-3-9-15(17)18)16-10-5-7-13-6-1-2-8-14(13)16/h1-12,19-20H. The van der Waals surface area contributed by atoms with Crippen LogP contribution in [0.3, 0.4) is 0 Å². The largest absolute Gasteiger partial charge is 0.384 e. The van der Waals surface area contributed by atoms with Crippen LogP contribution < -0.4 is 0 Å². The number of thiophene rings is 1. The fraction of sp³-hybridized carbons (Fsp3) is 0.0526. The molecule has 1 nitrogen and oxygen atoms in total. The lowest BCUT2D eigenvalue weighted by atomic mass is 9.96. The van der Waals surface area contributed by atoms with E-state index in [-0.39, 0.29) is 0 Å². The van der Waals surface area contributed by atoms with Crippen molar-refractivity contribution >= 4 is 32.2 Å². The molecule has 0 aliphatic carbocycles. The highest BCUT2D eigenvalue weighted by Gasteiger charge is 2.17. The normalized spacial score (nSPS) is 12.8. The van der Waals surface area contributed by atoms with Gasteiger partial charge < -0.3 is 5.11 Å². The van der Waals surface area contributed by atoms with Crippen LogP contribution in [0.25, 0.3) is 20.9 Å². The van der Waals surface area contributed by atoms with Gasteiger partial charge in [0.15, 0.2) is 0 Å². The molecular weight excluding hydrogens is 276 g/mol. The van der Waals surface area contributed by atoms with Gasteiger partial charge in [-0.15, -0.1) is 11.3 Å². The second kappa shape index (κ2) is 4.99. The van der Waals surface area contributed by atoms with Crippen molar-refractivity contribution in [3.05, 3.63) is 83.2 Å². The zero-order chi connectivity index (χ0) is 14.2. The van der Waals surface area contributed by atoms with Crippen LogP contribution in [0.15, 0.2) is 72.1 Å². The monoisotopic (exact) mass is 290 g/mol. The Morgan fingerprint density at radius 1 is 0.714 bits per heavy atom. The molecule has 3 aromatic carbocycles. The van der Waals surface area contributed by atoms with Crippen molar-refractivity contribution < 1.29 is 5.11 Å². The Labute approximate surface area is 127 Å². The van der Waals surface area contributed by atoms with Gasteiger partial charge in [-0.2, -0.15) is 0 Å². The van der Waals surface area contributed by atoms with Crippen LogP contribution in [0.2, 0.25) is 0 Å². The van der Waals surface area contributed by atoms with Gasteiger partial charge in [0.05, 0.1) is 0 Å². The van der Waals surface area contributed by atoms with Gasteiger partial charge >= 0.3 is 0 Å². The fourth-order valence-corrected chi connectivity index (χ4v) is 3.85. The summed E-state index contributed by atoms with van der Waals surface area (Å²) >= 11 is 1.68. The molecule has 0 bridgehead atoms. The highest BCUT2D eigenvalue weighted by molar-refractivity contribution is 7.17. The van der Waals surface area contributed by atoms with Crippen molar-refractivity contribution in [1.82, 2.24) is 0 Å². The molecule has 4 aromatic rings. The minimum atomic E-state index is -0.591. The molecule has 0 amide bonds. The van der Waals surface area contributed by atoms with E-state index in [0.29, 0.717) is 0 Å². The van der Waals surface area contributed by atoms with Gasteiger partial charge in [0, 0.05) is 10.3 Å². The Kier molecular flexibility index (Phi) is 2.99. The van der Waals surface area contributed by atoms with Crippen LogP contribution in [0.4, 0.5) is 0 Å². The van der Waals surface area contributed by atoms with E-state index in [0.717, 1.165) is 27.3 Å². The van der Waals surface area contributed by atoms with Crippen molar-refractivity contribution in [3.63, 3.8) is 0 Å². The molecule has 4 rings (SSSR count). The van der Waals surface area contributed by atoms with Gasteiger partial charge in [0.2, 0.25) is 0 Å². The van der Waals surface area contributed by atoms with Crippen molar-refractivity contribution in [2.45, 2.75) is 6.10 Å². The molecule has 2 heteroatoms. The van der Waals surface area contributed by atoms with Crippen LogP contribution in [0.5, 0.6) is 0 Å². The summed E-state index contributed by atoms with van der Waals surface area (Å²) in [7, 11) is 0. The second-order valence-corrected chi connectivity index (χ2v) is 6.07. The number of fused-ring (bicyclic) bond motifs is 2. The van der Waals surface area contributed by atoms with E-state index < -0.39 is 6.10 Å². The van der Waals surface area contributed by atoms with E-state index in [1.54, 1.807) is 11.3 Å². The smallest absolute Gasteiger partial charge is 0.106 e. The molecule has 0 radical (unpaired) electrons. The van der Waals surface area contributed by atoms with E-state index in [1.165, 1.54) is 4.70 Å². The first-order chi connectivity index (χ1) is 10.3. The van der Waals surface area contributed by atoms with Crippen molar-refractivity contribution in [1.29, 1.82) is 0 Å². The maximum atomic E-state index is 10.9. The van der Waals surface area contributed by atoms with E-state index >= 15 is 0 Å². The molecule has 1 heterocycles. The van der Waals surface area contributed by atoms with Crippen molar-refractivity contribution in [2.75, 3.05) is 0 Å². The van der Waals surface area contributed by atoms with Crippen molar-refractivity contribution in [3.8, 4) is 0 Å². The molecule has 0 aliphatic rings. The second-order valence-electron chi connectivity index (χ2n) is 5.16. The predicted molar refractivity (Wildman–Crippen MR) is 89.8 cm³/mol. The quantitative estimate of drug-likeness (QED) is 0.542. The summed E-state index contributed by atoms with van der Waals surface area (Å²) in [5.74, 6) is 0. The molecule has 0 fully saturated rings. The number of hydrogen-bond donors (Lipinski definition) is 1. The molecular formula is C19H14OS. The number of rotatable bonds is 2.